The van der Waals surface area contributed by atoms with Gasteiger partial charge in [-0.3, -0.25) is 9.69 Å². The summed E-state index contributed by atoms with van der Waals surface area (Å²) in [7, 11) is 0. The number of hydrogen-bond donors (Lipinski definition) is 1. The molecule has 0 aromatic heterocycles. The van der Waals surface area contributed by atoms with Gasteiger partial charge in [0.25, 0.3) is 0 Å². The van der Waals surface area contributed by atoms with Crippen molar-refractivity contribution < 1.29 is 4.79 Å². The van der Waals surface area contributed by atoms with Gasteiger partial charge < -0.3 is 10.6 Å². The predicted octanol–water partition coefficient (Wildman–Crippen LogP) is 0.172. The molecule has 5 heteroatoms. The second-order valence-corrected chi connectivity index (χ2v) is 5.26. The summed E-state index contributed by atoms with van der Waals surface area (Å²) in [6.45, 7) is 3.62. The number of piperazine rings is 1. The van der Waals surface area contributed by atoms with Crippen molar-refractivity contribution in [1.82, 2.24) is 9.80 Å². The van der Waals surface area contributed by atoms with Crippen molar-refractivity contribution in [3.63, 3.8) is 0 Å². The largest absolute Gasteiger partial charge is 0.339 e. The molecule has 1 amide bonds. The molecule has 5 nitrogen and oxygen atoms in total. The molecule has 1 aliphatic heterocycles. The summed E-state index contributed by atoms with van der Waals surface area (Å²) in [5, 5.41) is 8.89. The van der Waals surface area contributed by atoms with Crippen LogP contribution in [0, 0.1) is 17.2 Å². The lowest BCUT2D eigenvalue weighted by molar-refractivity contribution is -0.131. The minimum atomic E-state index is 0.0582. The molecule has 0 spiro atoms. The fourth-order valence-electron chi connectivity index (χ4n) is 3.04. The van der Waals surface area contributed by atoms with Crippen molar-refractivity contribution >= 4 is 5.91 Å². The van der Waals surface area contributed by atoms with Gasteiger partial charge in [0, 0.05) is 38.1 Å². The van der Waals surface area contributed by atoms with E-state index < -0.39 is 0 Å². The molecular formula is C13H22N4O. The van der Waals surface area contributed by atoms with E-state index in [4.69, 9.17) is 11.0 Å². The van der Waals surface area contributed by atoms with Gasteiger partial charge in [0.1, 0.15) is 0 Å². The lowest BCUT2D eigenvalue weighted by Gasteiger charge is -2.41. The molecule has 1 heterocycles. The summed E-state index contributed by atoms with van der Waals surface area (Å²) >= 11 is 0. The summed E-state index contributed by atoms with van der Waals surface area (Å²) in [6.07, 6.45) is 4.32. The minimum Gasteiger partial charge on any atom is -0.339 e. The Hall–Kier alpha value is -1.12. The molecule has 0 aromatic rings. The second-order valence-electron chi connectivity index (χ2n) is 5.26. The van der Waals surface area contributed by atoms with E-state index >= 15 is 0 Å². The van der Waals surface area contributed by atoms with E-state index in [9.17, 15) is 4.79 Å². The monoisotopic (exact) mass is 250 g/mol. The number of nitrogens with zero attached hydrogens (tertiary/aromatic N) is 3. The molecule has 0 aromatic carbocycles. The van der Waals surface area contributed by atoms with E-state index in [0.717, 1.165) is 51.9 Å². The van der Waals surface area contributed by atoms with Gasteiger partial charge in [0.2, 0.25) is 5.91 Å². The van der Waals surface area contributed by atoms with Crippen LogP contribution in [0.5, 0.6) is 0 Å². The number of hydrogen-bond acceptors (Lipinski definition) is 4. The maximum atomic E-state index is 11.5. The van der Waals surface area contributed by atoms with Gasteiger partial charge in [0.15, 0.2) is 0 Å². The molecule has 2 N–H and O–H groups in total. The lowest BCUT2D eigenvalue weighted by atomic mass is 9.86. The Morgan fingerprint density at radius 1 is 1.17 bits per heavy atom. The third-order valence-electron chi connectivity index (χ3n) is 4.24. The first-order chi connectivity index (χ1) is 8.74. The van der Waals surface area contributed by atoms with Crippen LogP contribution in [0.3, 0.4) is 0 Å². The standard InChI is InChI=1S/C13H22N4O/c14-9-11-1-3-12(4-2-11)16-5-7-17(8-6-16)13(18)10-15/h11-12H,1-8,10,15H2. The Balaban J connectivity index is 1.77. The molecule has 0 bridgehead atoms. The lowest BCUT2D eigenvalue weighted by Crippen LogP contribution is -2.53. The zero-order valence-electron chi connectivity index (χ0n) is 10.8. The fraction of sp³-hybridized carbons (Fsp3) is 0.846. The Morgan fingerprint density at radius 3 is 2.28 bits per heavy atom. The molecule has 1 aliphatic carbocycles. The zero-order valence-corrected chi connectivity index (χ0v) is 10.8. The van der Waals surface area contributed by atoms with E-state index in [1.165, 1.54) is 0 Å². The van der Waals surface area contributed by atoms with Crippen molar-refractivity contribution in [3.05, 3.63) is 0 Å². The number of amides is 1. The van der Waals surface area contributed by atoms with Crippen LogP contribution in [-0.4, -0.2) is 54.5 Å². The highest BCUT2D eigenvalue weighted by Crippen LogP contribution is 2.27. The average molecular weight is 250 g/mol. The van der Waals surface area contributed by atoms with Gasteiger partial charge >= 0.3 is 0 Å². The maximum Gasteiger partial charge on any atom is 0.236 e. The molecular weight excluding hydrogens is 228 g/mol. The topological polar surface area (TPSA) is 73.4 Å². The van der Waals surface area contributed by atoms with E-state index in [1.807, 2.05) is 4.90 Å². The highest BCUT2D eigenvalue weighted by atomic mass is 16.2. The van der Waals surface area contributed by atoms with E-state index in [-0.39, 0.29) is 18.4 Å². The zero-order chi connectivity index (χ0) is 13.0. The summed E-state index contributed by atoms with van der Waals surface area (Å²) in [5.74, 6) is 0.323. The first-order valence-electron chi connectivity index (χ1n) is 6.86. The van der Waals surface area contributed by atoms with Gasteiger partial charge in [-0.05, 0) is 25.7 Å². The maximum absolute atomic E-state index is 11.5. The van der Waals surface area contributed by atoms with Crippen LogP contribution in [-0.2, 0) is 4.79 Å². The molecule has 1 saturated carbocycles. The molecule has 18 heavy (non-hydrogen) atoms. The van der Waals surface area contributed by atoms with Gasteiger partial charge in [-0.1, -0.05) is 0 Å². The predicted molar refractivity (Wildman–Crippen MR) is 68.6 cm³/mol. The second kappa shape index (κ2) is 6.17. The normalized spacial score (nSPS) is 29.9. The van der Waals surface area contributed by atoms with E-state index in [1.54, 1.807) is 0 Å². The number of carbonyl (C=O) groups excluding carboxylic acids is 1. The third kappa shape index (κ3) is 3.01. The summed E-state index contributed by atoms with van der Waals surface area (Å²) < 4.78 is 0. The van der Waals surface area contributed by atoms with Crippen LogP contribution in [0.25, 0.3) is 0 Å². The van der Waals surface area contributed by atoms with Crippen molar-refractivity contribution in [3.8, 4) is 6.07 Å². The smallest absolute Gasteiger partial charge is 0.236 e. The van der Waals surface area contributed by atoms with Gasteiger partial charge in [0.05, 0.1) is 12.6 Å². The summed E-state index contributed by atoms with van der Waals surface area (Å²) in [6, 6.07) is 2.99. The first kappa shape index (κ1) is 13.3. The first-order valence-corrected chi connectivity index (χ1v) is 6.86. The molecule has 2 fully saturated rings. The van der Waals surface area contributed by atoms with Crippen LogP contribution in [0.1, 0.15) is 25.7 Å². The summed E-state index contributed by atoms with van der Waals surface area (Å²) in [5.41, 5.74) is 5.38. The van der Waals surface area contributed by atoms with Crippen molar-refractivity contribution in [1.29, 1.82) is 5.26 Å². The number of nitrogens with two attached hydrogens (primary N) is 1. The van der Waals surface area contributed by atoms with Crippen LogP contribution in [0.4, 0.5) is 0 Å². The molecule has 2 aliphatic rings. The van der Waals surface area contributed by atoms with Crippen molar-refractivity contribution in [2.45, 2.75) is 31.7 Å². The highest BCUT2D eigenvalue weighted by molar-refractivity contribution is 5.78. The summed E-state index contributed by atoms with van der Waals surface area (Å²) in [4.78, 5) is 15.8. The molecule has 0 radical (unpaired) electrons. The number of rotatable bonds is 2. The average Bonchev–Trinajstić information content (AvgIpc) is 2.47. The van der Waals surface area contributed by atoms with E-state index in [0.29, 0.717) is 6.04 Å². The number of nitriles is 1. The Morgan fingerprint density at radius 2 is 1.78 bits per heavy atom. The molecule has 2 rings (SSSR count). The van der Waals surface area contributed by atoms with Crippen LogP contribution >= 0.6 is 0 Å². The van der Waals surface area contributed by atoms with Crippen LogP contribution in [0.15, 0.2) is 0 Å². The fourth-order valence-corrected chi connectivity index (χ4v) is 3.04. The minimum absolute atomic E-state index is 0.0582. The van der Waals surface area contributed by atoms with Gasteiger partial charge in [-0.25, -0.2) is 0 Å². The molecule has 1 saturated heterocycles. The van der Waals surface area contributed by atoms with Crippen LogP contribution < -0.4 is 5.73 Å². The molecule has 0 atom stereocenters. The van der Waals surface area contributed by atoms with Gasteiger partial charge in [-0.15, -0.1) is 0 Å². The quantitative estimate of drug-likeness (QED) is 0.758. The SMILES string of the molecule is N#CC1CCC(N2CCN(C(=O)CN)CC2)CC1. The molecule has 0 unspecified atom stereocenters. The Labute approximate surface area is 109 Å². The molecule has 100 valence electrons. The highest BCUT2D eigenvalue weighted by Gasteiger charge is 2.28. The van der Waals surface area contributed by atoms with E-state index in [2.05, 4.69) is 11.0 Å². The third-order valence-corrected chi connectivity index (χ3v) is 4.24. The van der Waals surface area contributed by atoms with Crippen LogP contribution in [0.2, 0.25) is 0 Å². The Bertz CT molecular complexity index is 322. The number of carbonyl (C=O) groups is 1. The van der Waals surface area contributed by atoms with Gasteiger partial charge in [-0.2, -0.15) is 5.26 Å². The van der Waals surface area contributed by atoms with Crippen molar-refractivity contribution in [2.75, 3.05) is 32.7 Å². The van der Waals surface area contributed by atoms with Crippen molar-refractivity contribution in [2.24, 2.45) is 11.7 Å². The Kier molecular flexibility index (Phi) is 4.56.